The highest BCUT2D eigenvalue weighted by Crippen LogP contribution is 2.09. The van der Waals surface area contributed by atoms with Gasteiger partial charge in [0.2, 0.25) is 0 Å². The van der Waals surface area contributed by atoms with Crippen molar-refractivity contribution in [1.29, 1.82) is 0 Å². The molecule has 2 N–H and O–H groups in total. The number of aliphatic hydroxyl groups is 1. The molecule has 0 spiro atoms. The monoisotopic (exact) mass is 219 g/mol. The molecule has 0 bridgehead atoms. The molecule has 0 aliphatic rings. The van der Waals surface area contributed by atoms with Gasteiger partial charge in [0.05, 0.1) is 25.9 Å². The molecular weight excluding hydrogens is 194 g/mol. The summed E-state index contributed by atoms with van der Waals surface area (Å²) < 4.78 is 10.0. The van der Waals surface area contributed by atoms with E-state index in [-0.39, 0.29) is 5.41 Å². The van der Waals surface area contributed by atoms with Crippen LogP contribution in [0.1, 0.15) is 20.8 Å². The Labute approximate surface area is 93.0 Å². The normalized spacial score (nSPS) is 14.2. The summed E-state index contributed by atoms with van der Waals surface area (Å²) in [4.78, 5) is 0. The molecule has 1 atom stereocenters. The van der Waals surface area contributed by atoms with Crippen molar-refractivity contribution in [1.82, 2.24) is 5.32 Å². The molecule has 4 heteroatoms. The van der Waals surface area contributed by atoms with Gasteiger partial charge < -0.3 is 19.9 Å². The highest BCUT2D eigenvalue weighted by atomic mass is 16.5. The summed E-state index contributed by atoms with van der Waals surface area (Å²) in [6.45, 7) is 9.40. The van der Waals surface area contributed by atoms with Crippen molar-refractivity contribution in [2.75, 3.05) is 40.0 Å². The lowest BCUT2D eigenvalue weighted by atomic mass is 9.97. The maximum atomic E-state index is 9.52. The lowest BCUT2D eigenvalue weighted by Gasteiger charge is -2.20. The smallest absolute Gasteiger partial charge is 0.0897 e. The Hall–Kier alpha value is -0.160. The maximum Gasteiger partial charge on any atom is 0.0897 e. The van der Waals surface area contributed by atoms with Gasteiger partial charge in [0, 0.05) is 20.2 Å². The zero-order valence-corrected chi connectivity index (χ0v) is 10.4. The molecule has 0 aromatic rings. The summed E-state index contributed by atoms with van der Waals surface area (Å²) in [7, 11) is 1.63. The Morgan fingerprint density at radius 3 is 2.47 bits per heavy atom. The van der Waals surface area contributed by atoms with Crippen LogP contribution >= 0.6 is 0 Å². The van der Waals surface area contributed by atoms with Gasteiger partial charge in [-0.05, 0) is 5.41 Å². The molecule has 0 rings (SSSR count). The predicted octanol–water partition coefficient (Wildman–Crippen LogP) is 0.646. The molecule has 0 saturated carbocycles. The Balaban J connectivity index is 3.29. The number of hydrogen-bond donors (Lipinski definition) is 2. The van der Waals surface area contributed by atoms with E-state index in [9.17, 15) is 5.11 Å². The van der Waals surface area contributed by atoms with E-state index in [1.165, 1.54) is 0 Å². The van der Waals surface area contributed by atoms with E-state index in [1.807, 2.05) is 0 Å². The Bertz CT molecular complexity index is 145. The van der Waals surface area contributed by atoms with Crippen molar-refractivity contribution < 1.29 is 14.6 Å². The number of nitrogens with one attached hydrogen (secondary N) is 1. The first kappa shape index (κ1) is 14.8. The molecule has 0 saturated heterocycles. The quantitative estimate of drug-likeness (QED) is 0.588. The Morgan fingerprint density at radius 2 is 1.93 bits per heavy atom. The van der Waals surface area contributed by atoms with E-state index in [0.717, 1.165) is 6.54 Å². The Morgan fingerprint density at radius 1 is 1.27 bits per heavy atom. The van der Waals surface area contributed by atoms with Crippen LogP contribution in [0.25, 0.3) is 0 Å². The molecule has 15 heavy (non-hydrogen) atoms. The highest BCUT2D eigenvalue weighted by Gasteiger charge is 2.10. The van der Waals surface area contributed by atoms with Crippen LogP contribution in [0.5, 0.6) is 0 Å². The molecule has 0 fully saturated rings. The number of hydrogen-bond acceptors (Lipinski definition) is 4. The topological polar surface area (TPSA) is 50.7 Å². The maximum absolute atomic E-state index is 9.52. The Kier molecular flexibility index (Phi) is 7.96. The zero-order valence-electron chi connectivity index (χ0n) is 10.4. The van der Waals surface area contributed by atoms with E-state index in [2.05, 4.69) is 26.1 Å². The first-order valence-corrected chi connectivity index (χ1v) is 5.41. The van der Waals surface area contributed by atoms with Gasteiger partial charge in [0.1, 0.15) is 0 Å². The summed E-state index contributed by atoms with van der Waals surface area (Å²) in [6, 6.07) is 0. The lowest BCUT2D eigenvalue weighted by molar-refractivity contribution is 0.0132. The van der Waals surface area contributed by atoms with Gasteiger partial charge in [-0.15, -0.1) is 0 Å². The van der Waals surface area contributed by atoms with Crippen LogP contribution in [0.15, 0.2) is 0 Å². The summed E-state index contributed by atoms with van der Waals surface area (Å²) in [5, 5.41) is 12.7. The van der Waals surface area contributed by atoms with Crippen LogP contribution < -0.4 is 5.32 Å². The van der Waals surface area contributed by atoms with Gasteiger partial charge in [-0.25, -0.2) is 0 Å². The minimum Gasteiger partial charge on any atom is -0.389 e. The number of rotatable bonds is 8. The summed E-state index contributed by atoms with van der Waals surface area (Å²) in [6.07, 6.45) is -0.441. The van der Waals surface area contributed by atoms with E-state index in [0.29, 0.717) is 26.4 Å². The molecule has 92 valence electrons. The second kappa shape index (κ2) is 8.05. The predicted molar refractivity (Wildman–Crippen MR) is 61.0 cm³/mol. The van der Waals surface area contributed by atoms with Gasteiger partial charge in [-0.3, -0.25) is 0 Å². The fraction of sp³-hybridized carbons (Fsp3) is 1.00. The van der Waals surface area contributed by atoms with Gasteiger partial charge in [-0.1, -0.05) is 20.8 Å². The molecule has 0 aliphatic carbocycles. The van der Waals surface area contributed by atoms with E-state index in [1.54, 1.807) is 7.11 Å². The van der Waals surface area contributed by atoms with Crippen molar-refractivity contribution in [2.45, 2.75) is 26.9 Å². The summed E-state index contributed by atoms with van der Waals surface area (Å²) >= 11 is 0. The van der Waals surface area contributed by atoms with Crippen molar-refractivity contribution in [3.05, 3.63) is 0 Å². The van der Waals surface area contributed by atoms with Crippen LogP contribution in [-0.4, -0.2) is 51.2 Å². The third-order valence-electron chi connectivity index (χ3n) is 1.78. The van der Waals surface area contributed by atoms with Crippen molar-refractivity contribution in [3.8, 4) is 0 Å². The molecule has 1 unspecified atom stereocenters. The fourth-order valence-corrected chi connectivity index (χ4v) is 1.03. The van der Waals surface area contributed by atoms with Crippen LogP contribution in [0.3, 0.4) is 0 Å². The second-order valence-electron chi connectivity index (χ2n) is 4.91. The molecule has 0 amide bonds. The third-order valence-corrected chi connectivity index (χ3v) is 1.78. The van der Waals surface area contributed by atoms with E-state index >= 15 is 0 Å². The lowest BCUT2D eigenvalue weighted by Crippen LogP contribution is -2.35. The molecule has 0 aromatic carbocycles. The standard InChI is InChI=1S/C11H25NO3/c1-11(2,3)9-12-7-10(13)8-15-6-5-14-4/h10,12-13H,5-9H2,1-4H3. The fourth-order valence-electron chi connectivity index (χ4n) is 1.03. The minimum absolute atomic E-state index is 0.247. The van der Waals surface area contributed by atoms with Gasteiger partial charge >= 0.3 is 0 Å². The van der Waals surface area contributed by atoms with Crippen LogP contribution in [0.4, 0.5) is 0 Å². The molecule has 0 heterocycles. The first-order chi connectivity index (χ1) is 6.95. The SMILES string of the molecule is COCCOCC(O)CNCC(C)(C)C. The van der Waals surface area contributed by atoms with Crippen molar-refractivity contribution in [2.24, 2.45) is 5.41 Å². The summed E-state index contributed by atoms with van der Waals surface area (Å²) in [5.74, 6) is 0. The van der Waals surface area contributed by atoms with Crippen molar-refractivity contribution >= 4 is 0 Å². The first-order valence-electron chi connectivity index (χ1n) is 5.41. The number of ether oxygens (including phenoxy) is 2. The van der Waals surface area contributed by atoms with Crippen LogP contribution in [0, 0.1) is 5.41 Å². The van der Waals surface area contributed by atoms with E-state index < -0.39 is 6.10 Å². The number of aliphatic hydroxyl groups excluding tert-OH is 1. The van der Waals surface area contributed by atoms with Gasteiger partial charge in [-0.2, -0.15) is 0 Å². The van der Waals surface area contributed by atoms with Gasteiger partial charge in [0.15, 0.2) is 0 Å². The average molecular weight is 219 g/mol. The molecule has 4 nitrogen and oxygen atoms in total. The second-order valence-corrected chi connectivity index (χ2v) is 4.91. The zero-order chi connectivity index (χ0) is 11.7. The minimum atomic E-state index is -0.441. The van der Waals surface area contributed by atoms with Crippen LogP contribution in [-0.2, 0) is 9.47 Å². The number of methoxy groups -OCH3 is 1. The molecule has 0 aromatic heterocycles. The van der Waals surface area contributed by atoms with Crippen molar-refractivity contribution in [3.63, 3.8) is 0 Å². The van der Waals surface area contributed by atoms with Gasteiger partial charge in [0.25, 0.3) is 0 Å². The highest BCUT2D eigenvalue weighted by molar-refractivity contribution is 4.67. The molecule has 0 radical (unpaired) electrons. The summed E-state index contributed by atoms with van der Waals surface area (Å²) in [5.41, 5.74) is 0.247. The largest absolute Gasteiger partial charge is 0.389 e. The van der Waals surface area contributed by atoms with Crippen LogP contribution in [0.2, 0.25) is 0 Å². The molecular formula is C11H25NO3. The third kappa shape index (κ3) is 11.8. The average Bonchev–Trinajstić information content (AvgIpc) is 2.10. The molecule has 0 aliphatic heterocycles. The van der Waals surface area contributed by atoms with E-state index in [4.69, 9.17) is 9.47 Å².